The summed E-state index contributed by atoms with van der Waals surface area (Å²) in [6.07, 6.45) is 0.0591. The maximum absolute atomic E-state index is 12.4. The number of nitrogens with one attached hydrogen (secondary N) is 1. The lowest BCUT2D eigenvalue weighted by atomic mass is 10.1. The first-order valence-corrected chi connectivity index (χ1v) is 10.3. The Morgan fingerprint density at radius 1 is 1.13 bits per heavy atom. The third-order valence-electron chi connectivity index (χ3n) is 4.56. The number of ether oxygens (including phenoxy) is 1. The number of thiazole rings is 1. The van der Waals surface area contributed by atoms with Gasteiger partial charge in [-0.25, -0.2) is 4.98 Å². The Balaban J connectivity index is 1.36. The van der Waals surface area contributed by atoms with Crippen molar-refractivity contribution in [3.05, 3.63) is 88.9 Å². The first-order chi connectivity index (χ1) is 14.6. The molecule has 0 radical (unpaired) electrons. The number of nitrogens with zero attached hydrogens (tertiary/aromatic N) is 2. The van der Waals surface area contributed by atoms with Gasteiger partial charge in [-0.3, -0.25) is 4.79 Å². The molecule has 0 aliphatic heterocycles. The van der Waals surface area contributed by atoms with Crippen molar-refractivity contribution in [2.45, 2.75) is 19.4 Å². The molecule has 0 aliphatic rings. The zero-order chi connectivity index (χ0) is 20.9. The summed E-state index contributed by atoms with van der Waals surface area (Å²) >= 11 is 1.70. The number of hydrogen-bond acceptors (Lipinski definition) is 5. The predicted molar refractivity (Wildman–Crippen MR) is 119 cm³/mol. The Morgan fingerprint density at radius 2 is 1.93 bits per heavy atom. The lowest BCUT2D eigenvalue weighted by Gasteiger charge is -2.15. The van der Waals surface area contributed by atoms with E-state index < -0.39 is 6.10 Å². The Hall–Kier alpha value is -3.69. The van der Waals surface area contributed by atoms with Crippen LogP contribution in [0.2, 0.25) is 0 Å². The minimum atomic E-state index is -0.693. The number of anilines is 1. The molecule has 0 saturated carbocycles. The van der Waals surface area contributed by atoms with Crippen LogP contribution < -0.4 is 10.1 Å². The second-order valence-corrected chi connectivity index (χ2v) is 7.95. The summed E-state index contributed by atoms with van der Waals surface area (Å²) in [5, 5.41) is 12.9. The van der Waals surface area contributed by atoms with Gasteiger partial charge in [-0.2, -0.15) is 5.26 Å². The number of fused-ring (bicyclic) bond motifs is 1. The number of hydrogen-bond donors (Lipinski definition) is 1. The van der Waals surface area contributed by atoms with E-state index in [-0.39, 0.29) is 5.91 Å². The summed E-state index contributed by atoms with van der Waals surface area (Å²) in [6.45, 7) is 1.68. The van der Waals surface area contributed by atoms with Gasteiger partial charge in [-0.1, -0.05) is 30.3 Å². The molecule has 1 aromatic heterocycles. The summed E-state index contributed by atoms with van der Waals surface area (Å²) in [4.78, 5) is 17.1. The summed E-state index contributed by atoms with van der Waals surface area (Å²) in [6, 6.07) is 24.7. The fraction of sp³-hybridized carbons (Fsp3) is 0.125. The number of benzene rings is 3. The number of carbonyl (C=O) groups is 1. The highest BCUT2D eigenvalue weighted by atomic mass is 32.1. The van der Waals surface area contributed by atoms with Crippen molar-refractivity contribution < 1.29 is 9.53 Å². The van der Waals surface area contributed by atoms with Gasteiger partial charge in [0.25, 0.3) is 5.91 Å². The second-order valence-electron chi connectivity index (χ2n) is 6.84. The lowest BCUT2D eigenvalue weighted by Crippen LogP contribution is -2.30. The average Bonchev–Trinajstić information content (AvgIpc) is 3.17. The van der Waals surface area contributed by atoms with Crippen LogP contribution in [-0.2, 0) is 11.2 Å². The van der Waals surface area contributed by atoms with Crippen molar-refractivity contribution in [2.75, 3.05) is 5.32 Å². The first kappa shape index (κ1) is 19.6. The highest BCUT2D eigenvalue weighted by molar-refractivity contribution is 7.18. The third-order valence-corrected chi connectivity index (χ3v) is 5.60. The van der Waals surface area contributed by atoms with Crippen molar-refractivity contribution in [3.8, 4) is 11.8 Å². The Kier molecular flexibility index (Phi) is 5.73. The molecule has 0 aliphatic carbocycles. The van der Waals surface area contributed by atoms with Gasteiger partial charge in [0.2, 0.25) is 0 Å². The summed E-state index contributed by atoms with van der Waals surface area (Å²) in [7, 11) is 0. The van der Waals surface area contributed by atoms with Gasteiger partial charge < -0.3 is 10.1 Å². The standard InChI is InChI=1S/C24H19N3O2S/c1-16(29-20-6-4-5-18(13-20)15-25)24(28)26-19-11-9-17(10-12-19)14-23-27-21-7-2-3-8-22(21)30-23/h2-13,16H,14H2,1H3,(H,26,28). The van der Waals surface area contributed by atoms with Gasteiger partial charge in [-0.05, 0) is 55.0 Å². The predicted octanol–water partition coefficient (Wildman–Crippen LogP) is 5.16. The molecule has 4 rings (SSSR count). The second kappa shape index (κ2) is 8.76. The summed E-state index contributed by atoms with van der Waals surface area (Å²) in [5.41, 5.74) is 3.35. The normalized spacial score (nSPS) is 11.6. The molecular formula is C24H19N3O2S. The van der Waals surface area contributed by atoms with E-state index in [0.717, 1.165) is 22.5 Å². The van der Waals surface area contributed by atoms with E-state index in [2.05, 4.69) is 22.4 Å². The highest BCUT2D eigenvalue weighted by Gasteiger charge is 2.15. The fourth-order valence-electron chi connectivity index (χ4n) is 3.02. The average molecular weight is 414 g/mol. The van der Waals surface area contributed by atoms with Crippen molar-refractivity contribution in [3.63, 3.8) is 0 Å². The molecule has 148 valence electrons. The van der Waals surface area contributed by atoms with Crippen LogP contribution in [0.1, 0.15) is 23.1 Å². The van der Waals surface area contributed by atoms with Gasteiger partial charge in [0.05, 0.1) is 26.9 Å². The van der Waals surface area contributed by atoms with E-state index in [0.29, 0.717) is 17.0 Å². The third kappa shape index (κ3) is 4.65. The van der Waals surface area contributed by atoms with E-state index in [1.165, 1.54) is 4.70 Å². The van der Waals surface area contributed by atoms with E-state index in [1.807, 2.05) is 42.5 Å². The largest absolute Gasteiger partial charge is 0.481 e. The highest BCUT2D eigenvalue weighted by Crippen LogP contribution is 2.24. The molecule has 1 amide bonds. The van der Waals surface area contributed by atoms with Crippen molar-refractivity contribution in [1.82, 2.24) is 4.98 Å². The molecular weight excluding hydrogens is 394 g/mol. The van der Waals surface area contributed by atoms with Crippen molar-refractivity contribution >= 4 is 33.1 Å². The molecule has 1 heterocycles. The monoisotopic (exact) mass is 413 g/mol. The molecule has 0 fully saturated rings. The number of amides is 1. The minimum Gasteiger partial charge on any atom is -0.481 e. The van der Waals surface area contributed by atoms with Gasteiger partial charge >= 0.3 is 0 Å². The van der Waals surface area contributed by atoms with Crippen LogP contribution in [0.4, 0.5) is 5.69 Å². The van der Waals surface area contributed by atoms with E-state index >= 15 is 0 Å². The van der Waals surface area contributed by atoms with Crippen LogP contribution in [-0.4, -0.2) is 17.0 Å². The molecule has 30 heavy (non-hydrogen) atoms. The van der Waals surface area contributed by atoms with Crippen LogP contribution in [0.3, 0.4) is 0 Å². The van der Waals surface area contributed by atoms with Crippen LogP contribution in [0, 0.1) is 11.3 Å². The molecule has 5 nitrogen and oxygen atoms in total. The Bertz CT molecular complexity index is 1190. The van der Waals surface area contributed by atoms with Gasteiger partial charge in [0, 0.05) is 12.1 Å². The maximum atomic E-state index is 12.4. The molecule has 4 aromatic rings. The molecule has 6 heteroatoms. The summed E-state index contributed by atoms with van der Waals surface area (Å²) < 4.78 is 6.84. The topological polar surface area (TPSA) is 75.0 Å². The smallest absolute Gasteiger partial charge is 0.265 e. The number of para-hydroxylation sites is 1. The molecule has 0 spiro atoms. The zero-order valence-electron chi connectivity index (χ0n) is 16.3. The van der Waals surface area contributed by atoms with E-state index in [1.54, 1.807) is 42.5 Å². The first-order valence-electron chi connectivity index (χ1n) is 9.52. The van der Waals surface area contributed by atoms with Gasteiger partial charge in [0.15, 0.2) is 6.10 Å². The van der Waals surface area contributed by atoms with Crippen molar-refractivity contribution in [1.29, 1.82) is 5.26 Å². The number of carbonyl (C=O) groups excluding carboxylic acids is 1. The Labute approximate surface area is 178 Å². The molecule has 0 saturated heterocycles. The Morgan fingerprint density at radius 3 is 2.70 bits per heavy atom. The van der Waals surface area contributed by atoms with E-state index in [4.69, 9.17) is 10.00 Å². The van der Waals surface area contributed by atoms with Crippen LogP contribution in [0.15, 0.2) is 72.8 Å². The zero-order valence-corrected chi connectivity index (χ0v) is 17.1. The molecule has 1 unspecified atom stereocenters. The summed E-state index contributed by atoms with van der Waals surface area (Å²) in [5.74, 6) is 0.235. The SMILES string of the molecule is CC(Oc1cccc(C#N)c1)C(=O)Nc1ccc(Cc2nc3ccccc3s2)cc1. The number of rotatable bonds is 6. The van der Waals surface area contributed by atoms with E-state index in [9.17, 15) is 4.79 Å². The van der Waals surface area contributed by atoms with Gasteiger partial charge in [-0.15, -0.1) is 11.3 Å². The number of nitriles is 1. The quantitative estimate of drug-likeness (QED) is 0.473. The van der Waals surface area contributed by atoms with Gasteiger partial charge in [0.1, 0.15) is 5.75 Å². The number of aromatic nitrogens is 1. The molecule has 1 atom stereocenters. The minimum absolute atomic E-state index is 0.253. The molecule has 1 N–H and O–H groups in total. The molecule has 3 aromatic carbocycles. The van der Waals surface area contributed by atoms with Crippen LogP contribution in [0.25, 0.3) is 10.2 Å². The van der Waals surface area contributed by atoms with Crippen LogP contribution in [0.5, 0.6) is 5.75 Å². The van der Waals surface area contributed by atoms with Crippen LogP contribution >= 0.6 is 11.3 Å². The molecule has 0 bridgehead atoms. The maximum Gasteiger partial charge on any atom is 0.265 e. The lowest BCUT2D eigenvalue weighted by molar-refractivity contribution is -0.122. The van der Waals surface area contributed by atoms with Crippen molar-refractivity contribution in [2.24, 2.45) is 0 Å². The fourth-order valence-corrected chi connectivity index (χ4v) is 4.02.